The maximum absolute atomic E-state index is 4.94. The van der Waals surface area contributed by atoms with E-state index < -0.39 is 0 Å². The molecule has 9 aromatic rings. The molecule has 3 aromatic heterocycles. The van der Waals surface area contributed by atoms with Crippen LogP contribution in [0.1, 0.15) is 0 Å². The minimum Gasteiger partial charge on any atom is -0.309 e. The second-order valence-electron chi connectivity index (χ2n) is 10.7. The van der Waals surface area contributed by atoms with Gasteiger partial charge in [0.1, 0.15) is 0 Å². The number of hydrogen-bond acceptors (Lipinski definition) is 2. The summed E-state index contributed by atoms with van der Waals surface area (Å²) in [5.41, 5.74) is 9.06. The topological polar surface area (TPSA) is 35.6 Å². The number of fused-ring (bicyclic) bond motifs is 7. The quantitative estimate of drug-likeness (QED) is 0.225. The number of nitrogens with zero attached hydrogens (tertiary/aromatic N) is 4. The van der Waals surface area contributed by atoms with Crippen LogP contribution >= 0.6 is 0 Å². The highest BCUT2D eigenvalue weighted by Gasteiger charge is 2.17. The Hall–Kier alpha value is -5.74. The highest BCUT2D eigenvalue weighted by Crippen LogP contribution is 2.37. The third kappa shape index (κ3) is 3.36. The summed E-state index contributed by atoms with van der Waals surface area (Å²) in [6.07, 6.45) is 1.91. The summed E-state index contributed by atoms with van der Waals surface area (Å²) in [6.45, 7) is 0. The molecule has 0 unspecified atom stereocenters. The molecule has 0 atom stereocenters. The summed E-state index contributed by atoms with van der Waals surface area (Å²) in [4.78, 5) is 9.71. The van der Waals surface area contributed by atoms with E-state index >= 15 is 0 Å². The van der Waals surface area contributed by atoms with Crippen molar-refractivity contribution in [3.8, 4) is 22.8 Å². The summed E-state index contributed by atoms with van der Waals surface area (Å²) in [5, 5.41) is 5.92. The predicted molar refractivity (Wildman–Crippen MR) is 174 cm³/mol. The van der Waals surface area contributed by atoms with E-state index in [2.05, 4.69) is 124 Å². The summed E-state index contributed by atoms with van der Waals surface area (Å²) in [6, 6.07) is 49.5. The smallest absolute Gasteiger partial charge is 0.235 e. The van der Waals surface area contributed by atoms with Crippen molar-refractivity contribution in [1.29, 1.82) is 0 Å². The molecule has 0 spiro atoms. The van der Waals surface area contributed by atoms with Crippen LogP contribution in [0, 0.1) is 0 Å². The van der Waals surface area contributed by atoms with Crippen LogP contribution in [0.2, 0.25) is 0 Å². The van der Waals surface area contributed by atoms with Gasteiger partial charge in [0.15, 0.2) is 0 Å². The van der Waals surface area contributed by atoms with Crippen LogP contribution in [0.25, 0.3) is 77.3 Å². The van der Waals surface area contributed by atoms with Gasteiger partial charge in [-0.05, 0) is 59.7 Å². The van der Waals surface area contributed by atoms with Crippen LogP contribution in [0.4, 0.5) is 0 Å². The standard InChI is InChI=1S/C38H24N4/c1-2-11-28(12-3-1)41-34-16-8-5-13-29(34)31-20-18-26(23-37(31)41)25-19-21-36-32(22-25)30-14-6-9-17-35(30)42(36)38-39-24-27-10-4-7-15-33(27)40-38/h1-24H. The average molecular weight is 537 g/mol. The van der Waals surface area contributed by atoms with Crippen LogP contribution in [0.15, 0.2) is 146 Å². The molecule has 6 aromatic carbocycles. The van der Waals surface area contributed by atoms with Gasteiger partial charge < -0.3 is 4.57 Å². The van der Waals surface area contributed by atoms with Gasteiger partial charge in [0.05, 0.1) is 27.6 Å². The van der Waals surface area contributed by atoms with Gasteiger partial charge >= 0.3 is 0 Å². The summed E-state index contributed by atoms with van der Waals surface area (Å²) in [7, 11) is 0. The number of aromatic nitrogens is 4. The fourth-order valence-corrected chi connectivity index (χ4v) is 6.44. The first-order valence-corrected chi connectivity index (χ1v) is 14.2. The number of hydrogen-bond donors (Lipinski definition) is 0. The van der Waals surface area contributed by atoms with Crippen molar-refractivity contribution in [3.05, 3.63) is 146 Å². The molecule has 0 bridgehead atoms. The van der Waals surface area contributed by atoms with E-state index in [0.717, 1.165) is 27.6 Å². The van der Waals surface area contributed by atoms with Gasteiger partial charge in [-0.15, -0.1) is 0 Å². The van der Waals surface area contributed by atoms with Gasteiger partial charge in [0.2, 0.25) is 5.95 Å². The Balaban J connectivity index is 1.27. The van der Waals surface area contributed by atoms with Gasteiger partial charge in [-0.2, -0.15) is 0 Å². The molecule has 0 aliphatic carbocycles. The second kappa shape index (κ2) is 8.88. The highest BCUT2D eigenvalue weighted by atomic mass is 15.2. The zero-order valence-corrected chi connectivity index (χ0v) is 22.6. The minimum atomic E-state index is 0.682. The molecule has 9 rings (SSSR count). The highest BCUT2D eigenvalue weighted by molar-refractivity contribution is 6.12. The lowest BCUT2D eigenvalue weighted by Crippen LogP contribution is -2.00. The van der Waals surface area contributed by atoms with Crippen molar-refractivity contribution in [2.75, 3.05) is 0 Å². The molecule has 0 saturated carbocycles. The van der Waals surface area contributed by atoms with Gasteiger partial charge in [-0.25, -0.2) is 9.97 Å². The van der Waals surface area contributed by atoms with Gasteiger partial charge in [-0.3, -0.25) is 4.57 Å². The number of para-hydroxylation sites is 4. The van der Waals surface area contributed by atoms with Crippen molar-refractivity contribution in [2.24, 2.45) is 0 Å². The average Bonchev–Trinajstić information content (AvgIpc) is 3.57. The molecule has 0 radical (unpaired) electrons. The van der Waals surface area contributed by atoms with Crippen LogP contribution in [0.3, 0.4) is 0 Å². The monoisotopic (exact) mass is 536 g/mol. The van der Waals surface area contributed by atoms with E-state index in [1.807, 2.05) is 30.5 Å². The lowest BCUT2D eigenvalue weighted by atomic mass is 10.0. The van der Waals surface area contributed by atoms with Crippen LogP contribution in [0.5, 0.6) is 0 Å². The third-order valence-corrected chi connectivity index (χ3v) is 8.37. The first-order valence-electron chi connectivity index (χ1n) is 14.2. The number of rotatable bonds is 3. The van der Waals surface area contributed by atoms with Crippen LogP contribution in [-0.4, -0.2) is 19.1 Å². The molecule has 0 aliphatic rings. The molecule has 42 heavy (non-hydrogen) atoms. The third-order valence-electron chi connectivity index (χ3n) is 8.37. The van der Waals surface area contributed by atoms with Gasteiger partial charge in [0.25, 0.3) is 0 Å². The Kier molecular flexibility index (Phi) is 4.87. The van der Waals surface area contributed by atoms with E-state index in [4.69, 9.17) is 9.97 Å². The van der Waals surface area contributed by atoms with Crippen molar-refractivity contribution in [1.82, 2.24) is 19.1 Å². The zero-order valence-electron chi connectivity index (χ0n) is 22.6. The zero-order chi connectivity index (χ0) is 27.6. The molecule has 3 heterocycles. The molecule has 4 heteroatoms. The predicted octanol–water partition coefficient (Wildman–Crippen LogP) is 9.49. The van der Waals surface area contributed by atoms with E-state index in [0.29, 0.717) is 5.95 Å². The van der Waals surface area contributed by atoms with E-state index in [9.17, 15) is 0 Å². The molecule has 4 nitrogen and oxygen atoms in total. The van der Waals surface area contributed by atoms with Crippen LogP contribution < -0.4 is 0 Å². The molecule has 0 fully saturated rings. The fraction of sp³-hybridized carbons (Fsp3) is 0. The Morgan fingerprint density at radius 3 is 1.90 bits per heavy atom. The first kappa shape index (κ1) is 23.0. The molecule has 0 amide bonds. The van der Waals surface area contributed by atoms with E-state index in [-0.39, 0.29) is 0 Å². The maximum Gasteiger partial charge on any atom is 0.235 e. The van der Waals surface area contributed by atoms with Crippen molar-refractivity contribution in [2.45, 2.75) is 0 Å². The Labute approximate surface area is 241 Å². The van der Waals surface area contributed by atoms with Crippen molar-refractivity contribution < 1.29 is 0 Å². The molecular weight excluding hydrogens is 512 g/mol. The molecule has 0 saturated heterocycles. The molecule has 0 N–H and O–H groups in total. The van der Waals surface area contributed by atoms with Crippen molar-refractivity contribution >= 4 is 54.5 Å². The molecule has 196 valence electrons. The summed E-state index contributed by atoms with van der Waals surface area (Å²) < 4.78 is 4.55. The van der Waals surface area contributed by atoms with Crippen LogP contribution in [-0.2, 0) is 0 Å². The Bertz CT molecular complexity index is 2470. The Morgan fingerprint density at radius 1 is 0.429 bits per heavy atom. The summed E-state index contributed by atoms with van der Waals surface area (Å²) >= 11 is 0. The summed E-state index contributed by atoms with van der Waals surface area (Å²) in [5.74, 6) is 0.682. The lowest BCUT2D eigenvalue weighted by molar-refractivity contribution is 1.01. The number of benzene rings is 6. The first-order chi connectivity index (χ1) is 20.8. The SMILES string of the molecule is c1ccc(-n2c3ccccc3c3ccc(-c4ccc5c(c4)c4ccccc4n5-c4ncc5ccccc5n4)cc32)cc1. The van der Waals surface area contributed by atoms with E-state index in [1.54, 1.807) is 0 Å². The normalized spacial score (nSPS) is 11.8. The molecular formula is C38H24N4. The van der Waals surface area contributed by atoms with Gasteiger partial charge in [-0.1, -0.05) is 91.0 Å². The maximum atomic E-state index is 4.94. The largest absolute Gasteiger partial charge is 0.309 e. The second-order valence-corrected chi connectivity index (χ2v) is 10.7. The van der Waals surface area contributed by atoms with E-state index in [1.165, 1.54) is 43.7 Å². The molecule has 0 aliphatic heterocycles. The fourth-order valence-electron chi connectivity index (χ4n) is 6.44. The van der Waals surface area contributed by atoms with Gasteiger partial charge in [0, 0.05) is 38.8 Å². The minimum absolute atomic E-state index is 0.682. The Morgan fingerprint density at radius 2 is 1.05 bits per heavy atom. The lowest BCUT2D eigenvalue weighted by Gasteiger charge is -2.09. The van der Waals surface area contributed by atoms with Crippen molar-refractivity contribution in [3.63, 3.8) is 0 Å².